The molecule has 0 aliphatic rings. The number of rotatable bonds is 6. The number of hydrogen-bond donors (Lipinski definition) is 1. The Morgan fingerprint density at radius 1 is 1.00 bits per heavy atom. The number of ether oxygens (including phenoxy) is 1. The lowest BCUT2D eigenvalue weighted by atomic mass is 10.0. The summed E-state index contributed by atoms with van der Waals surface area (Å²) in [5, 5.41) is 3.70. The first-order valence-electron chi connectivity index (χ1n) is 10.2. The minimum Gasteiger partial charge on any atom is -0.484 e. The fraction of sp³-hybridized carbons (Fsp3) is 0.115. The second-order valence-corrected chi connectivity index (χ2v) is 7.93. The Kier molecular flexibility index (Phi) is 6.29. The van der Waals surface area contributed by atoms with Gasteiger partial charge in [0.15, 0.2) is 12.4 Å². The van der Waals surface area contributed by atoms with E-state index in [9.17, 15) is 14.4 Å². The van der Waals surface area contributed by atoms with Gasteiger partial charge in [-0.25, -0.2) is 0 Å². The lowest BCUT2D eigenvalue weighted by Crippen LogP contribution is -2.20. The van der Waals surface area contributed by atoms with Gasteiger partial charge in [-0.3, -0.25) is 14.4 Å². The molecule has 1 N–H and O–H groups in total. The van der Waals surface area contributed by atoms with Gasteiger partial charge in [-0.2, -0.15) is 0 Å². The molecule has 0 bridgehead atoms. The monoisotopic (exact) mass is 461 g/mol. The van der Waals surface area contributed by atoms with Gasteiger partial charge in [0.2, 0.25) is 5.43 Å². The highest BCUT2D eigenvalue weighted by molar-refractivity contribution is 6.30. The maximum atomic E-state index is 13.1. The largest absolute Gasteiger partial charge is 0.484 e. The van der Waals surface area contributed by atoms with Gasteiger partial charge in [0.25, 0.3) is 5.91 Å². The number of aryl methyl sites for hydroxylation is 1. The third-order valence-corrected chi connectivity index (χ3v) is 5.37. The molecular weight excluding hydrogens is 442 g/mol. The number of carbonyl (C=O) groups excluding carboxylic acids is 2. The van der Waals surface area contributed by atoms with Crippen molar-refractivity contribution >= 4 is 39.9 Å². The molecule has 4 aromatic rings. The first-order chi connectivity index (χ1) is 15.8. The number of amides is 1. The zero-order valence-corrected chi connectivity index (χ0v) is 18.7. The predicted molar refractivity (Wildman–Crippen MR) is 128 cm³/mol. The van der Waals surface area contributed by atoms with Gasteiger partial charge < -0.3 is 14.5 Å². The van der Waals surface area contributed by atoms with E-state index in [-0.39, 0.29) is 23.7 Å². The van der Waals surface area contributed by atoms with Gasteiger partial charge in [-0.05, 0) is 67.9 Å². The molecule has 4 rings (SSSR count). The third-order valence-electron chi connectivity index (χ3n) is 5.12. The Labute approximate surface area is 194 Å². The molecular formula is C26H20ClNO5. The average Bonchev–Trinajstić information content (AvgIpc) is 2.79. The van der Waals surface area contributed by atoms with E-state index in [1.807, 2.05) is 0 Å². The highest BCUT2D eigenvalue weighted by atomic mass is 35.5. The van der Waals surface area contributed by atoms with Crippen molar-refractivity contribution in [3.63, 3.8) is 0 Å². The summed E-state index contributed by atoms with van der Waals surface area (Å²) >= 11 is 5.95. The van der Waals surface area contributed by atoms with Crippen LogP contribution in [0.15, 0.2) is 75.9 Å². The van der Waals surface area contributed by atoms with E-state index in [0.29, 0.717) is 44.3 Å². The van der Waals surface area contributed by atoms with Crippen molar-refractivity contribution in [2.24, 2.45) is 0 Å². The summed E-state index contributed by atoms with van der Waals surface area (Å²) < 4.78 is 11.5. The number of benzene rings is 3. The summed E-state index contributed by atoms with van der Waals surface area (Å²) in [6.45, 7) is 2.97. The van der Waals surface area contributed by atoms with Crippen LogP contribution in [0.3, 0.4) is 0 Å². The van der Waals surface area contributed by atoms with Crippen LogP contribution in [0.4, 0.5) is 5.69 Å². The van der Waals surface area contributed by atoms with Crippen molar-refractivity contribution < 1.29 is 18.7 Å². The first kappa shape index (κ1) is 22.3. The van der Waals surface area contributed by atoms with Crippen molar-refractivity contribution in [2.45, 2.75) is 13.8 Å². The maximum Gasteiger partial charge on any atom is 0.262 e. The van der Waals surface area contributed by atoms with Crippen LogP contribution >= 0.6 is 11.6 Å². The zero-order chi connectivity index (χ0) is 23.5. The average molecular weight is 462 g/mol. The minimum absolute atomic E-state index is 0.0466. The molecule has 0 aliphatic heterocycles. The highest BCUT2D eigenvalue weighted by Crippen LogP contribution is 2.27. The molecule has 0 fully saturated rings. The molecule has 1 aromatic heterocycles. The lowest BCUT2D eigenvalue weighted by Gasteiger charge is -2.10. The molecule has 0 atom stereocenters. The lowest BCUT2D eigenvalue weighted by molar-refractivity contribution is -0.118. The van der Waals surface area contributed by atoms with Crippen LogP contribution in [0, 0.1) is 6.92 Å². The summed E-state index contributed by atoms with van der Waals surface area (Å²) in [5.74, 6) is 0.459. The van der Waals surface area contributed by atoms with Crippen molar-refractivity contribution in [3.05, 3.63) is 93.3 Å². The number of fused-ring (bicyclic) bond motifs is 1. The Hall–Kier alpha value is -3.90. The number of Topliss-reactive ketones (excluding diaryl/α,β-unsaturated/α-hetero) is 1. The second kappa shape index (κ2) is 9.30. The normalized spacial score (nSPS) is 10.8. The molecule has 0 radical (unpaired) electrons. The van der Waals surface area contributed by atoms with Crippen LogP contribution in [-0.2, 0) is 4.79 Å². The third kappa shape index (κ3) is 4.96. The van der Waals surface area contributed by atoms with Gasteiger partial charge in [0.1, 0.15) is 17.1 Å². The molecule has 0 aliphatic carbocycles. The molecule has 0 unspecified atom stereocenters. The van der Waals surface area contributed by atoms with E-state index >= 15 is 0 Å². The summed E-state index contributed by atoms with van der Waals surface area (Å²) in [6.07, 6.45) is 0. The summed E-state index contributed by atoms with van der Waals surface area (Å²) in [5.41, 5.74) is 2.53. The Bertz CT molecular complexity index is 1410. The molecule has 6 nitrogen and oxygen atoms in total. The fourth-order valence-electron chi connectivity index (χ4n) is 3.46. The number of halogens is 1. The zero-order valence-electron chi connectivity index (χ0n) is 18.0. The Balaban J connectivity index is 1.49. The van der Waals surface area contributed by atoms with Crippen LogP contribution in [0.5, 0.6) is 5.75 Å². The van der Waals surface area contributed by atoms with E-state index in [1.165, 1.54) is 6.92 Å². The number of hydrogen-bond acceptors (Lipinski definition) is 5. The highest BCUT2D eigenvalue weighted by Gasteiger charge is 2.14. The minimum atomic E-state index is -0.360. The van der Waals surface area contributed by atoms with E-state index < -0.39 is 0 Å². The maximum absolute atomic E-state index is 13.1. The topological polar surface area (TPSA) is 85.6 Å². The van der Waals surface area contributed by atoms with Crippen LogP contribution in [0.2, 0.25) is 5.02 Å². The summed E-state index contributed by atoms with van der Waals surface area (Å²) in [6, 6.07) is 18.4. The van der Waals surface area contributed by atoms with Crippen molar-refractivity contribution in [2.75, 3.05) is 11.9 Å². The van der Waals surface area contributed by atoms with Crippen LogP contribution in [-0.4, -0.2) is 18.3 Å². The van der Waals surface area contributed by atoms with Crippen LogP contribution in [0.1, 0.15) is 23.0 Å². The van der Waals surface area contributed by atoms with Gasteiger partial charge in [-0.1, -0.05) is 23.7 Å². The van der Waals surface area contributed by atoms with Gasteiger partial charge in [0, 0.05) is 22.3 Å². The molecule has 0 spiro atoms. The van der Waals surface area contributed by atoms with E-state index in [4.69, 9.17) is 20.8 Å². The fourth-order valence-corrected chi connectivity index (χ4v) is 3.59. The van der Waals surface area contributed by atoms with Crippen molar-refractivity contribution in [1.29, 1.82) is 0 Å². The second-order valence-electron chi connectivity index (χ2n) is 7.50. The molecule has 3 aromatic carbocycles. The first-order valence-corrected chi connectivity index (χ1v) is 10.6. The summed E-state index contributed by atoms with van der Waals surface area (Å²) in [4.78, 5) is 36.6. The van der Waals surface area contributed by atoms with E-state index in [2.05, 4.69) is 5.32 Å². The number of ketones is 1. The Morgan fingerprint density at radius 3 is 2.36 bits per heavy atom. The van der Waals surface area contributed by atoms with E-state index in [0.717, 1.165) is 5.56 Å². The predicted octanol–water partition coefficient (Wildman–Crippen LogP) is 5.64. The summed E-state index contributed by atoms with van der Waals surface area (Å²) in [7, 11) is 0. The Morgan fingerprint density at radius 2 is 1.70 bits per heavy atom. The van der Waals surface area contributed by atoms with Gasteiger partial charge >= 0.3 is 0 Å². The van der Waals surface area contributed by atoms with Gasteiger partial charge in [0.05, 0.1) is 10.9 Å². The molecule has 0 saturated heterocycles. The van der Waals surface area contributed by atoms with Crippen LogP contribution in [0.25, 0.3) is 22.1 Å². The molecule has 1 amide bonds. The van der Waals surface area contributed by atoms with Crippen molar-refractivity contribution in [3.8, 4) is 16.9 Å². The standard InChI is InChI=1S/C26H20ClNO5/c1-15(29)17-5-9-20(10-6-17)28-24(30)14-32-21-11-12-22-23(13-21)33-16(2)25(26(22)31)18-3-7-19(27)8-4-18/h3-13H,14H2,1-2H3,(H,28,30). The molecule has 7 heteroatoms. The smallest absolute Gasteiger partial charge is 0.262 e. The van der Waals surface area contributed by atoms with Crippen molar-refractivity contribution in [1.82, 2.24) is 0 Å². The quantitative estimate of drug-likeness (QED) is 0.375. The number of carbonyl (C=O) groups is 2. The van der Waals surface area contributed by atoms with Crippen LogP contribution < -0.4 is 15.5 Å². The van der Waals surface area contributed by atoms with E-state index in [1.54, 1.807) is 73.7 Å². The van der Waals surface area contributed by atoms with Gasteiger partial charge in [-0.15, -0.1) is 0 Å². The molecule has 33 heavy (non-hydrogen) atoms. The molecule has 1 heterocycles. The number of anilines is 1. The SMILES string of the molecule is CC(=O)c1ccc(NC(=O)COc2ccc3c(=O)c(-c4ccc(Cl)cc4)c(C)oc3c2)cc1. The molecule has 0 saturated carbocycles. The number of nitrogens with one attached hydrogen (secondary N) is 1. The molecule has 166 valence electrons.